The highest BCUT2D eigenvalue weighted by molar-refractivity contribution is 7.99. The minimum absolute atomic E-state index is 0.154. The third-order valence-corrected chi connectivity index (χ3v) is 6.86. The number of rotatable bonds is 5. The predicted octanol–water partition coefficient (Wildman–Crippen LogP) is 5.07. The molecule has 2 heterocycles. The Kier molecular flexibility index (Phi) is 4.69. The quantitative estimate of drug-likeness (QED) is 0.588. The average Bonchev–Trinajstić information content (AvgIpc) is 3.20. The summed E-state index contributed by atoms with van der Waals surface area (Å²) < 4.78 is 2.19. The van der Waals surface area contributed by atoms with Crippen molar-refractivity contribution in [3.8, 4) is 5.69 Å². The van der Waals surface area contributed by atoms with E-state index in [0.717, 1.165) is 52.7 Å². The zero-order chi connectivity index (χ0) is 17.4. The molecule has 4 rings (SSSR count). The van der Waals surface area contributed by atoms with Gasteiger partial charge in [-0.3, -0.25) is 9.36 Å². The standard InChI is InChI=1S/C20H22N2OS2/c1-13(2)11-12-24-20-21-17-18(23)15-9-6-10-16(15)25-19(17)22(20)14-7-4-3-5-8-14/h3-5,7-8,13H,6,9-12H2,1-2H3. The molecule has 0 spiro atoms. The first-order valence-electron chi connectivity index (χ1n) is 8.90. The molecular weight excluding hydrogens is 348 g/mol. The van der Waals surface area contributed by atoms with Gasteiger partial charge in [-0.15, -0.1) is 11.3 Å². The minimum Gasteiger partial charge on any atom is -0.287 e. The zero-order valence-electron chi connectivity index (χ0n) is 14.6. The molecule has 2 aromatic heterocycles. The van der Waals surface area contributed by atoms with E-state index in [4.69, 9.17) is 4.98 Å². The molecule has 0 saturated carbocycles. The van der Waals surface area contributed by atoms with Gasteiger partial charge < -0.3 is 0 Å². The van der Waals surface area contributed by atoms with Gasteiger partial charge >= 0.3 is 0 Å². The van der Waals surface area contributed by atoms with Crippen LogP contribution in [0.15, 0.2) is 40.3 Å². The number of imidazole rings is 1. The number of aryl methyl sites for hydroxylation is 1. The second-order valence-corrected chi connectivity index (χ2v) is 9.08. The number of thioether (sulfide) groups is 1. The molecule has 3 aromatic rings. The summed E-state index contributed by atoms with van der Waals surface area (Å²) in [4.78, 5) is 20.0. The van der Waals surface area contributed by atoms with Crippen LogP contribution >= 0.6 is 23.1 Å². The Labute approximate surface area is 156 Å². The van der Waals surface area contributed by atoms with Gasteiger partial charge in [-0.1, -0.05) is 43.8 Å². The highest BCUT2D eigenvalue weighted by Crippen LogP contribution is 2.34. The summed E-state index contributed by atoms with van der Waals surface area (Å²) in [5, 5.41) is 0.943. The number of hydrogen-bond acceptors (Lipinski definition) is 4. The SMILES string of the molecule is CC(C)CCSc1nc2c(=O)c3c(sc2n1-c1ccccc1)CCC3. The predicted molar refractivity (Wildman–Crippen MR) is 107 cm³/mol. The van der Waals surface area contributed by atoms with Crippen LogP contribution in [0.2, 0.25) is 0 Å². The number of nitrogens with zero attached hydrogens (tertiary/aromatic N) is 2. The number of fused-ring (bicyclic) bond motifs is 2. The summed E-state index contributed by atoms with van der Waals surface area (Å²) in [5.41, 5.74) is 2.91. The lowest BCUT2D eigenvalue weighted by molar-refractivity contribution is 0.631. The van der Waals surface area contributed by atoms with Gasteiger partial charge in [-0.2, -0.15) is 0 Å². The fourth-order valence-electron chi connectivity index (χ4n) is 3.24. The fraction of sp³-hybridized carbons (Fsp3) is 0.400. The van der Waals surface area contributed by atoms with Crippen molar-refractivity contribution in [2.75, 3.05) is 5.75 Å². The largest absolute Gasteiger partial charge is 0.287 e. The third-order valence-electron chi connectivity index (χ3n) is 4.62. The second-order valence-electron chi connectivity index (χ2n) is 6.94. The van der Waals surface area contributed by atoms with E-state index < -0.39 is 0 Å². The molecule has 1 aliphatic carbocycles. The van der Waals surface area contributed by atoms with Gasteiger partial charge in [0.15, 0.2) is 5.16 Å². The first-order valence-corrected chi connectivity index (χ1v) is 10.7. The van der Waals surface area contributed by atoms with Crippen molar-refractivity contribution < 1.29 is 0 Å². The van der Waals surface area contributed by atoms with E-state index in [9.17, 15) is 4.79 Å². The molecule has 3 nitrogen and oxygen atoms in total. The molecule has 0 radical (unpaired) electrons. The Hall–Kier alpha value is -1.59. The lowest BCUT2D eigenvalue weighted by Gasteiger charge is -2.09. The average molecular weight is 371 g/mol. The maximum absolute atomic E-state index is 12.9. The van der Waals surface area contributed by atoms with Crippen molar-refractivity contribution in [3.05, 3.63) is 51.0 Å². The van der Waals surface area contributed by atoms with Crippen LogP contribution < -0.4 is 5.43 Å². The molecule has 1 aliphatic rings. The van der Waals surface area contributed by atoms with Crippen molar-refractivity contribution in [2.45, 2.75) is 44.7 Å². The van der Waals surface area contributed by atoms with Gasteiger partial charge in [0.1, 0.15) is 10.3 Å². The van der Waals surface area contributed by atoms with Crippen LogP contribution in [0.25, 0.3) is 16.0 Å². The van der Waals surface area contributed by atoms with E-state index in [1.807, 2.05) is 18.2 Å². The van der Waals surface area contributed by atoms with Crippen LogP contribution in [0.1, 0.15) is 37.1 Å². The lowest BCUT2D eigenvalue weighted by Crippen LogP contribution is -2.07. The highest BCUT2D eigenvalue weighted by atomic mass is 32.2. The smallest absolute Gasteiger partial charge is 0.211 e. The van der Waals surface area contributed by atoms with Crippen molar-refractivity contribution in [1.82, 2.24) is 9.55 Å². The Morgan fingerprint density at radius 1 is 1.24 bits per heavy atom. The van der Waals surface area contributed by atoms with E-state index in [1.165, 1.54) is 4.88 Å². The topological polar surface area (TPSA) is 34.9 Å². The second kappa shape index (κ2) is 6.96. The van der Waals surface area contributed by atoms with Crippen molar-refractivity contribution in [1.29, 1.82) is 0 Å². The third kappa shape index (κ3) is 3.15. The molecule has 0 aliphatic heterocycles. The summed E-state index contributed by atoms with van der Waals surface area (Å²) in [7, 11) is 0. The van der Waals surface area contributed by atoms with E-state index in [1.54, 1.807) is 23.1 Å². The maximum Gasteiger partial charge on any atom is 0.211 e. The van der Waals surface area contributed by atoms with Crippen molar-refractivity contribution >= 4 is 33.4 Å². The summed E-state index contributed by atoms with van der Waals surface area (Å²) in [6.45, 7) is 4.48. The molecule has 25 heavy (non-hydrogen) atoms. The monoisotopic (exact) mass is 370 g/mol. The normalized spacial score (nSPS) is 13.7. The van der Waals surface area contributed by atoms with Crippen LogP contribution in [-0.2, 0) is 12.8 Å². The first kappa shape index (κ1) is 16.9. The van der Waals surface area contributed by atoms with Crippen LogP contribution in [-0.4, -0.2) is 15.3 Å². The fourth-order valence-corrected chi connectivity index (χ4v) is 5.87. The number of benzene rings is 1. The molecule has 0 fully saturated rings. The number of hydrogen-bond donors (Lipinski definition) is 0. The molecule has 0 saturated heterocycles. The first-order chi connectivity index (χ1) is 12.1. The molecule has 0 atom stereocenters. The van der Waals surface area contributed by atoms with Gasteiger partial charge in [0, 0.05) is 21.9 Å². The van der Waals surface area contributed by atoms with Gasteiger partial charge in [0.25, 0.3) is 0 Å². The molecule has 130 valence electrons. The number of aromatic nitrogens is 2. The van der Waals surface area contributed by atoms with Gasteiger partial charge in [0.05, 0.1) is 0 Å². The Balaban J connectivity index is 1.88. The van der Waals surface area contributed by atoms with Gasteiger partial charge in [0.2, 0.25) is 5.43 Å². The summed E-state index contributed by atoms with van der Waals surface area (Å²) in [6, 6.07) is 10.3. The van der Waals surface area contributed by atoms with Gasteiger partial charge in [-0.05, 0) is 43.7 Å². The molecular formula is C20H22N2OS2. The van der Waals surface area contributed by atoms with Crippen LogP contribution in [0.3, 0.4) is 0 Å². The summed E-state index contributed by atoms with van der Waals surface area (Å²) in [5.74, 6) is 1.69. The summed E-state index contributed by atoms with van der Waals surface area (Å²) in [6.07, 6.45) is 4.18. The van der Waals surface area contributed by atoms with Crippen LogP contribution in [0.4, 0.5) is 0 Å². The van der Waals surface area contributed by atoms with Gasteiger partial charge in [-0.25, -0.2) is 4.98 Å². The Bertz CT molecular complexity index is 957. The molecule has 5 heteroatoms. The minimum atomic E-state index is 0.154. The number of para-hydroxylation sites is 1. The highest BCUT2D eigenvalue weighted by Gasteiger charge is 2.23. The molecule has 0 bridgehead atoms. The van der Waals surface area contributed by atoms with E-state index in [-0.39, 0.29) is 5.43 Å². The lowest BCUT2D eigenvalue weighted by atomic mass is 10.2. The Morgan fingerprint density at radius 2 is 2.04 bits per heavy atom. The zero-order valence-corrected chi connectivity index (χ0v) is 16.3. The van der Waals surface area contributed by atoms with E-state index in [0.29, 0.717) is 11.4 Å². The van der Waals surface area contributed by atoms with Crippen LogP contribution in [0, 0.1) is 5.92 Å². The molecule has 1 aromatic carbocycles. The summed E-state index contributed by atoms with van der Waals surface area (Å²) >= 11 is 3.52. The van der Waals surface area contributed by atoms with Crippen LogP contribution in [0.5, 0.6) is 0 Å². The van der Waals surface area contributed by atoms with E-state index in [2.05, 4.69) is 30.5 Å². The molecule has 0 N–H and O–H groups in total. The van der Waals surface area contributed by atoms with E-state index >= 15 is 0 Å². The van der Waals surface area contributed by atoms with Crippen molar-refractivity contribution in [2.24, 2.45) is 5.92 Å². The maximum atomic E-state index is 12.9. The Morgan fingerprint density at radius 3 is 2.80 bits per heavy atom. The van der Waals surface area contributed by atoms with Crippen molar-refractivity contribution in [3.63, 3.8) is 0 Å². The molecule has 0 amide bonds. The molecule has 0 unspecified atom stereocenters.